The molecule has 1 aliphatic heterocycles. The Kier molecular flexibility index (Phi) is 5.40. The molecule has 1 amide bonds. The van der Waals surface area contributed by atoms with Crippen LogP contribution in [0.3, 0.4) is 0 Å². The van der Waals surface area contributed by atoms with E-state index in [1.165, 1.54) is 0 Å². The van der Waals surface area contributed by atoms with Crippen LogP contribution in [0.2, 0.25) is 0 Å². The first-order chi connectivity index (χ1) is 7.74. The third-order valence-electron chi connectivity index (χ3n) is 2.41. The van der Waals surface area contributed by atoms with Gasteiger partial charge in [-0.25, -0.2) is 0 Å². The molecule has 1 unspecified atom stereocenters. The number of aryl methyl sites for hydroxylation is 1. The van der Waals surface area contributed by atoms with Gasteiger partial charge >= 0.3 is 0 Å². The van der Waals surface area contributed by atoms with Gasteiger partial charge in [0.1, 0.15) is 0 Å². The van der Waals surface area contributed by atoms with Crippen LogP contribution in [0.5, 0.6) is 0 Å². The summed E-state index contributed by atoms with van der Waals surface area (Å²) in [7, 11) is 1.81. The highest BCUT2D eigenvalue weighted by Crippen LogP contribution is 2.07. The summed E-state index contributed by atoms with van der Waals surface area (Å²) in [6.45, 7) is 2.27. The summed E-state index contributed by atoms with van der Waals surface area (Å²) >= 11 is 0. The predicted octanol–water partition coefficient (Wildman–Crippen LogP) is 0.159. The van der Waals surface area contributed by atoms with E-state index in [9.17, 15) is 4.79 Å². The lowest BCUT2D eigenvalue weighted by Gasteiger charge is -2.22. The Bertz CT molecular complexity index is 363. The van der Waals surface area contributed by atoms with Crippen molar-refractivity contribution >= 4 is 24.0 Å². The maximum absolute atomic E-state index is 11.6. The van der Waals surface area contributed by atoms with Gasteiger partial charge in [-0.2, -0.15) is 5.10 Å². The van der Waals surface area contributed by atoms with Gasteiger partial charge in [-0.15, -0.1) is 12.4 Å². The van der Waals surface area contributed by atoms with Crippen LogP contribution >= 0.6 is 12.4 Å². The maximum Gasteiger partial charge on any atom is 0.227 e. The standard InChI is InChI=1S/C10H16N4O2.ClH/c1-14-7-8(5-12-14)13-10(15)4-9-6-11-2-3-16-9;/h5,7,9,11H,2-4,6H2,1H3,(H,13,15);1H. The van der Waals surface area contributed by atoms with Crippen LogP contribution < -0.4 is 10.6 Å². The summed E-state index contributed by atoms with van der Waals surface area (Å²) in [6, 6.07) is 0. The Labute approximate surface area is 106 Å². The molecule has 0 bridgehead atoms. The van der Waals surface area contributed by atoms with Crippen LogP contribution in [-0.2, 0) is 16.6 Å². The van der Waals surface area contributed by atoms with E-state index in [0.29, 0.717) is 13.0 Å². The maximum atomic E-state index is 11.6. The number of anilines is 1. The molecule has 1 aliphatic rings. The fourth-order valence-electron chi connectivity index (χ4n) is 1.66. The molecule has 0 aliphatic carbocycles. The van der Waals surface area contributed by atoms with Crippen LogP contribution in [0.15, 0.2) is 12.4 Å². The molecule has 1 fully saturated rings. The van der Waals surface area contributed by atoms with Gasteiger partial charge in [-0.05, 0) is 0 Å². The predicted molar refractivity (Wildman–Crippen MR) is 66.3 cm³/mol. The van der Waals surface area contributed by atoms with Gasteiger partial charge in [-0.1, -0.05) is 0 Å². The van der Waals surface area contributed by atoms with Crippen LogP contribution in [0.1, 0.15) is 6.42 Å². The largest absolute Gasteiger partial charge is 0.375 e. The second-order valence-electron chi connectivity index (χ2n) is 3.85. The molecule has 2 rings (SSSR count). The topological polar surface area (TPSA) is 68.2 Å². The molecule has 2 N–H and O–H groups in total. The molecular weight excluding hydrogens is 244 g/mol. The van der Waals surface area contributed by atoms with E-state index >= 15 is 0 Å². The fraction of sp³-hybridized carbons (Fsp3) is 0.600. The second kappa shape index (κ2) is 6.58. The van der Waals surface area contributed by atoms with Crippen molar-refractivity contribution in [3.05, 3.63) is 12.4 Å². The first kappa shape index (κ1) is 14.0. The molecule has 1 atom stereocenters. The van der Waals surface area contributed by atoms with Crippen molar-refractivity contribution in [3.8, 4) is 0 Å². The van der Waals surface area contributed by atoms with E-state index in [4.69, 9.17) is 4.74 Å². The smallest absolute Gasteiger partial charge is 0.227 e. The second-order valence-corrected chi connectivity index (χ2v) is 3.85. The lowest BCUT2D eigenvalue weighted by atomic mass is 10.2. The molecule has 96 valence electrons. The number of ether oxygens (including phenoxy) is 1. The number of carbonyl (C=O) groups excluding carboxylic acids is 1. The van der Waals surface area contributed by atoms with Crippen molar-refractivity contribution < 1.29 is 9.53 Å². The van der Waals surface area contributed by atoms with Crippen LogP contribution in [-0.4, -0.2) is 41.5 Å². The van der Waals surface area contributed by atoms with E-state index < -0.39 is 0 Å². The van der Waals surface area contributed by atoms with E-state index in [0.717, 1.165) is 18.8 Å². The molecule has 7 heteroatoms. The molecule has 17 heavy (non-hydrogen) atoms. The minimum absolute atomic E-state index is 0. The van der Waals surface area contributed by atoms with Crippen molar-refractivity contribution in [2.45, 2.75) is 12.5 Å². The first-order valence-corrected chi connectivity index (χ1v) is 5.35. The Morgan fingerprint density at radius 3 is 3.18 bits per heavy atom. The Hall–Kier alpha value is -1.11. The molecule has 0 aromatic carbocycles. The molecular formula is C10H17ClN4O2. The molecule has 1 saturated heterocycles. The zero-order chi connectivity index (χ0) is 11.4. The summed E-state index contributed by atoms with van der Waals surface area (Å²) in [4.78, 5) is 11.6. The van der Waals surface area contributed by atoms with E-state index in [-0.39, 0.29) is 24.4 Å². The third-order valence-corrected chi connectivity index (χ3v) is 2.41. The van der Waals surface area contributed by atoms with Gasteiger partial charge < -0.3 is 15.4 Å². The van der Waals surface area contributed by atoms with Gasteiger partial charge in [0.2, 0.25) is 5.91 Å². The number of rotatable bonds is 3. The number of halogens is 1. The van der Waals surface area contributed by atoms with Crippen molar-refractivity contribution in [3.63, 3.8) is 0 Å². The number of nitrogens with zero attached hydrogens (tertiary/aromatic N) is 2. The van der Waals surface area contributed by atoms with E-state index in [1.807, 2.05) is 7.05 Å². The Morgan fingerprint density at radius 1 is 1.76 bits per heavy atom. The quantitative estimate of drug-likeness (QED) is 0.812. The SMILES string of the molecule is Cl.Cn1cc(NC(=O)CC2CNCCO2)cn1. The summed E-state index contributed by atoms with van der Waals surface area (Å²) in [6.07, 6.45) is 3.74. The zero-order valence-electron chi connectivity index (χ0n) is 9.68. The average Bonchev–Trinajstić information content (AvgIpc) is 2.65. The number of hydrogen-bond acceptors (Lipinski definition) is 4. The van der Waals surface area contributed by atoms with E-state index in [1.54, 1.807) is 17.1 Å². The molecule has 1 aromatic rings. The van der Waals surface area contributed by atoms with Gasteiger partial charge in [0.15, 0.2) is 0 Å². The van der Waals surface area contributed by atoms with E-state index in [2.05, 4.69) is 15.7 Å². The number of hydrogen-bond donors (Lipinski definition) is 2. The molecule has 0 saturated carbocycles. The number of morpholine rings is 1. The highest BCUT2D eigenvalue weighted by Gasteiger charge is 2.17. The fourth-order valence-corrected chi connectivity index (χ4v) is 1.66. The molecule has 6 nitrogen and oxygen atoms in total. The number of carbonyl (C=O) groups is 1. The van der Waals surface area contributed by atoms with Crippen LogP contribution in [0.25, 0.3) is 0 Å². The minimum atomic E-state index is -0.0401. The minimum Gasteiger partial charge on any atom is -0.375 e. The summed E-state index contributed by atoms with van der Waals surface area (Å²) in [5.74, 6) is -0.0401. The molecule has 0 radical (unpaired) electrons. The van der Waals surface area contributed by atoms with Crippen molar-refractivity contribution in [2.75, 3.05) is 25.0 Å². The normalized spacial score (nSPS) is 19.5. The van der Waals surface area contributed by atoms with Gasteiger partial charge in [-0.3, -0.25) is 9.48 Å². The lowest BCUT2D eigenvalue weighted by Crippen LogP contribution is -2.40. The first-order valence-electron chi connectivity index (χ1n) is 5.35. The van der Waals surface area contributed by atoms with Crippen molar-refractivity contribution in [1.29, 1.82) is 0 Å². The highest BCUT2D eigenvalue weighted by atomic mass is 35.5. The monoisotopic (exact) mass is 260 g/mol. The van der Waals surface area contributed by atoms with Crippen molar-refractivity contribution in [2.24, 2.45) is 7.05 Å². The van der Waals surface area contributed by atoms with Crippen LogP contribution in [0.4, 0.5) is 5.69 Å². The highest BCUT2D eigenvalue weighted by molar-refractivity contribution is 5.90. The third kappa shape index (κ3) is 4.33. The van der Waals surface area contributed by atoms with Gasteiger partial charge in [0.25, 0.3) is 0 Å². The van der Waals surface area contributed by atoms with Gasteiger partial charge in [0.05, 0.1) is 31.0 Å². The van der Waals surface area contributed by atoms with Crippen LogP contribution in [0, 0.1) is 0 Å². The molecule has 1 aromatic heterocycles. The molecule has 0 spiro atoms. The zero-order valence-corrected chi connectivity index (χ0v) is 10.5. The summed E-state index contributed by atoms with van der Waals surface area (Å²) in [5, 5.41) is 9.94. The summed E-state index contributed by atoms with van der Waals surface area (Å²) < 4.78 is 7.09. The Morgan fingerprint density at radius 2 is 2.59 bits per heavy atom. The lowest BCUT2D eigenvalue weighted by molar-refractivity contribution is -0.119. The number of aromatic nitrogens is 2. The summed E-state index contributed by atoms with van der Waals surface area (Å²) in [5.41, 5.74) is 0.719. The van der Waals surface area contributed by atoms with Crippen molar-refractivity contribution in [1.82, 2.24) is 15.1 Å². The number of nitrogens with one attached hydrogen (secondary N) is 2. The number of amides is 1. The molecule has 2 heterocycles. The average molecular weight is 261 g/mol. The van der Waals surface area contributed by atoms with Gasteiger partial charge in [0, 0.05) is 26.3 Å². The Balaban J connectivity index is 0.00000144.